The molecule has 0 aromatic heterocycles. The van der Waals surface area contributed by atoms with Crippen LogP contribution in [-0.4, -0.2) is 97.6 Å². The minimum Gasteiger partial charge on any atom is -0.508 e. The molecular weight excluding hydrogens is 522 g/mol. The van der Waals surface area contributed by atoms with Crippen LogP contribution in [0.3, 0.4) is 0 Å². The van der Waals surface area contributed by atoms with Crippen LogP contribution >= 0.6 is 11.8 Å². The van der Waals surface area contributed by atoms with Gasteiger partial charge < -0.3 is 36.2 Å². The predicted molar refractivity (Wildman–Crippen MR) is 133 cm³/mol. The Hall–Kier alpha value is -4.27. The third-order valence-electron chi connectivity index (χ3n) is 5.97. The van der Waals surface area contributed by atoms with Crippen LogP contribution < -0.4 is 16.0 Å². The summed E-state index contributed by atoms with van der Waals surface area (Å²) in [5.74, 6) is -5.59. The summed E-state index contributed by atoms with van der Waals surface area (Å²) in [6.07, 6.45) is 0. The lowest BCUT2D eigenvalue weighted by Gasteiger charge is -2.33. The Labute approximate surface area is 221 Å². The van der Waals surface area contributed by atoms with E-state index in [0.29, 0.717) is 10.5 Å². The van der Waals surface area contributed by atoms with Crippen LogP contribution in [0.25, 0.3) is 0 Å². The van der Waals surface area contributed by atoms with Crippen LogP contribution in [0.15, 0.2) is 35.5 Å². The summed E-state index contributed by atoms with van der Waals surface area (Å²) in [7, 11) is 0. The van der Waals surface area contributed by atoms with E-state index in [4.69, 9.17) is 0 Å². The first-order valence-electron chi connectivity index (χ1n) is 11.5. The number of phenols is 1. The van der Waals surface area contributed by atoms with Crippen molar-refractivity contribution < 1.29 is 44.1 Å². The molecule has 2 heterocycles. The van der Waals surface area contributed by atoms with Crippen molar-refractivity contribution in [3.05, 3.63) is 41.1 Å². The predicted octanol–water partition coefficient (Wildman–Crippen LogP) is -0.576. The molecule has 0 saturated carbocycles. The Morgan fingerprint density at radius 1 is 1.08 bits per heavy atom. The monoisotopic (exact) mass is 549 g/mol. The summed E-state index contributed by atoms with van der Waals surface area (Å²) in [6.45, 7) is 3.53. The van der Waals surface area contributed by atoms with Crippen LogP contribution in [0.1, 0.15) is 25.5 Å². The average Bonchev–Trinajstić information content (AvgIpc) is 2.87. The van der Waals surface area contributed by atoms with E-state index in [-0.39, 0.29) is 42.4 Å². The van der Waals surface area contributed by atoms with Gasteiger partial charge >= 0.3 is 29.8 Å². The Morgan fingerprint density at radius 2 is 1.74 bits per heavy atom. The van der Waals surface area contributed by atoms with Crippen molar-refractivity contribution in [3.8, 4) is 5.75 Å². The second-order valence-corrected chi connectivity index (χ2v) is 9.61. The number of piperazine rings is 1. The molecular formula is C23H27N5O9S. The molecule has 204 valence electrons. The van der Waals surface area contributed by atoms with Gasteiger partial charge in [-0.2, -0.15) is 0 Å². The van der Waals surface area contributed by atoms with Crippen LogP contribution in [0.2, 0.25) is 0 Å². The Balaban J connectivity index is 1.84. The number of benzene rings is 1. The number of imide groups is 1. The highest BCUT2D eigenvalue weighted by Crippen LogP contribution is 2.25. The Morgan fingerprint density at radius 3 is 2.32 bits per heavy atom. The number of amides is 5. The van der Waals surface area contributed by atoms with Crippen molar-refractivity contribution in [2.45, 2.75) is 31.3 Å². The third kappa shape index (κ3) is 6.16. The van der Waals surface area contributed by atoms with Crippen molar-refractivity contribution in [1.82, 2.24) is 25.8 Å². The van der Waals surface area contributed by atoms with E-state index >= 15 is 0 Å². The molecule has 38 heavy (non-hydrogen) atoms. The summed E-state index contributed by atoms with van der Waals surface area (Å²) < 4.78 is 0. The molecule has 1 fully saturated rings. The smallest absolute Gasteiger partial charge is 0.351 e. The number of carboxylic acids is 2. The van der Waals surface area contributed by atoms with Gasteiger partial charge in [-0.05, 0) is 37.1 Å². The topological polar surface area (TPSA) is 206 Å². The van der Waals surface area contributed by atoms with E-state index in [1.54, 1.807) is 13.8 Å². The lowest BCUT2D eigenvalue weighted by molar-refractivity contribution is -0.153. The van der Waals surface area contributed by atoms with Crippen LogP contribution in [0.5, 0.6) is 5.75 Å². The molecule has 2 aliphatic rings. The SMILES string of the molecule is CCN1CCN(C(=O)N[C@@H](C(=O)N[C@H](C(=O)O)[C@@H]2NC(C(=O)O)=C(C)CS2)c2ccc(O)cc2)C(=O)C1=O. The largest absolute Gasteiger partial charge is 0.508 e. The van der Waals surface area contributed by atoms with E-state index in [1.165, 1.54) is 29.2 Å². The van der Waals surface area contributed by atoms with Gasteiger partial charge in [-0.1, -0.05) is 12.1 Å². The summed E-state index contributed by atoms with van der Waals surface area (Å²) in [4.78, 5) is 76.5. The van der Waals surface area contributed by atoms with Crippen LogP contribution in [-0.2, 0) is 24.0 Å². The molecule has 0 aliphatic carbocycles. The number of aliphatic carboxylic acids is 2. The maximum atomic E-state index is 13.3. The number of nitrogens with zero attached hydrogens (tertiary/aromatic N) is 2. The number of carbonyl (C=O) groups is 6. The molecule has 0 bridgehead atoms. The van der Waals surface area contributed by atoms with Crippen LogP contribution in [0, 0.1) is 0 Å². The number of nitrogens with one attached hydrogen (secondary N) is 3. The van der Waals surface area contributed by atoms with Gasteiger partial charge in [0.1, 0.15) is 22.9 Å². The van der Waals surface area contributed by atoms with E-state index in [9.17, 15) is 44.1 Å². The molecule has 1 aromatic carbocycles. The van der Waals surface area contributed by atoms with E-state index in [0.717, 1.165) is 11.8 Å². The summed E-state index contributed by atoms with van der Waals surface area (Å²) in [5, 5.41) is 35.1. The first-order valence-corrected chi connectivity index (χ1v) is 12.5. The number of carboxylic acid groups (broad SMARTS) is 2. The van der Waals surface area contributed by atoms with Crippen molar-refractivity contribution in [3.63, 3.8) is 0 Å². The quantitative estimate of drug-likeness (QED) is 0.226. The van der Waals surface area contributed by atoms with Crippen LogP contribution in [0.4, 0.5) is 4.79 Å². The van der Waals surface area contributed by atoms with Gasteiger partial charge in [0.25, 0.3) is 0 Å². The molecule has 15 heteroatoms. The van der Waals surface area contributed by atoms with Crippen molar-refractivity contribution in [1.29, 1.82) is 0 Å². The molecule has 0 spiro atoms. The number of hydrogen-bond donors (Lipinski definition) is 6. The summed E-state index contributed by atoms with van der Waals surface area (Å²) in [5.41, 5.74) is 0.466. The minimum atomic E-state index is -1.61. The van der Waals surface area contributed by atoms with E-state index < -0.39 is 53.1 Å². The summed E-state index contributed by atoms with van der Waals surface area (Å²) >= 11 is 1.08. The average molecular weight is 550 g/mol. The molecule has 6 N–H and O–H groups in total. The lowest BCUT2D eigenvalue weighted by Crippen LogP contribution is -2.60. The fourth-order valence-electron chi connectivity index (χ4n) is 3.86. The standard InChI is InChI=1S/C23H27N5O9S/c1-3-27-8-9-28(20(32)19(27)31)23(37)26-15(12-4-6-13(29)7-5-12)17(30)24-16(22(35)36)18-25-14(21(33)34)11(2)10-38-18/h4-7,15-16,18,25,29H,3,8-10H2,1-2H3,(H,24,30)(H,26,37)(H,33,34)(H,35,36)/t15-,16+,18-/m1/s1. The number of carbonyl (C=O) groups excluding carboxylic acids is 4. The maximum absolute atomic E-state index is 13.3. The molecule has 3 rings (SSSR count). The molecule has 1 aromatic rings. The zero-order chi connectivity index (χ0) is 28.1. The lowest BCUT2D eigenvalue weighted by atomic mass is 10.1. The highest BCUT2D eigenvalue weighted by atomic mass is 32.2. The van der Waals surface area contributed by atoms with Crippen molar-refractivity contribution >= 4 is 47.5 Å². The molecule has 5 amide bonds. The summed E-state index contributed by atoms with van der Waals surface area (Å²) in [6, 6.07) is 0.952. The van der Waals surface area contributed by atoms with Crippen molar-refractivity contribution in [2.75, 3.05) is 25.4 Å². The normalized spacial score (nSPS) is 19.4. The highest BCUT2D eigenvalue weighted by Gasteiger charge is 2.39. The highest BCUT2D eigenvalue weighted by molar-refractivity contribution is 8.00. The maximum Gasteiger partial charge on any atom is 0.351 e. The molecule has 1 saturated heterocycles. The van der Waals surface area contributed by atoms with Gasteiger partial charge in [-0.25, -0.2) is 14.4 Å². The molecule has 2 aliphatic heterocycles. The number of rotatable bonds is 8. The molecule has 14 nitrogen and oxygen atoms in total. The number of thioether (sulfide) groups is 1. The zero-order valence-electron chi connectivity index (χ0n) is 20.5. The van der Waals surface area contributed by atoms with Gasteiger partial charge in [-0.3, -0.25) is 19.3 Å². The third-order valence-corrected chi connectivity index (χ3v) is 7.31. The Kier molecular flexibility index (Phi) is 8.83. The number of aromatic hydroxyl groups is 1. The molecule has 0 radical (unpaired) electrons. The van der Waals surface area contributed by atoms with Crippen molar-refractivity contribution in [2.24, 2.45) is 0 Å². The number of phenolic OH excluding ortho intramolecular Hbond substituents is 1. The second-order valence-electron chi connectivity index (χ2n) is 8.48. The number of urea groups is 1. The minimum absolute atomic E-state index is 0.106. The second kappa shape index (κ2) is 11.9. The van der Waals surface area contributed by atoms with Gasteiger partial charge in [0.05, 0.1) is 0 Å². The van der Waals surface area contributed by atoms with Gasteiger partial charge in [0, 0.05) is 25.4 Å². The molecule has 3 atom stereocenters. The van der Waals surface area contributed by atoms with Gasteiger partial charge in [0.2, 0.25) is 5.91 Å². The number of hydrogen-bond acceptors (Lipinski definition) is 9. The fraction of sp³-hybridized carbons (Fsp3) is 0.391. The fourth-order valence-corrected chi connectivity index (χ4v) is 5.01. The Bertz CT molecular complexity index is 1190. The van der Waals surface area contributed by atoms with Gasteiger partial charge in [0.15, 0.2) is 6.04 Å². The van der Waals surface area contributed by atoms with E-state index in [2.05, 4.69) is 16.0 Å². The zero-order valence-corrected chi connectivity index (χ0v) is 21.3. The number of likely N-dealkylation sites (N-methyl/N-ethyl adjacent to an activating group) is 1. The van der Waals surface area contributed by atoms with Gasteiger partial charge in [-0.15, -0.1) is 11.8 Å². The first kappa shape index (κ1) is 28.3. The first-order chi connectivity index (χ1) is 17.9. The van der Waals surface area contributed by atoms with E-state index in [1.807, 2.05) is 0 Å². The molecule has 0 unspecified atom stereocenters.